The number of cyclic esters (lactones) is 1. The molecule has 1 saturated heterocycles. The summed E-state index contributed by atoms with van der Waals surface area (Å²) in [5.74, 6) is -4.13. The zero-order chi connectivity index (χ0) is 21.9. The molecular weight excluding hydrogens is 394 g/mol. The van der Waals surface area contributed by atoms with E-state index in [1.54, 1.807) is 38.1 Å². The van der Waals surface area contributed by atoms with Gasteiger partial charge in [-0.15, -0.1) is 0 Å². The number of anilines is 1. The minimum Gasteiger partial charge on any atom is -0.456 e. The van der Waals surface area contributed by atoms with Crippen molar-refractivity contribution in [2.24, 2.45) is 17.8 Å². The van der Waals surface area contributed by atoms with Crippen LogP contribution in [0.2, 0.25) is 0 Å². The van der Waals surface area contributed by atoms with Crippen molar-refractivity contribution in [3.8, 4) is 0 Å². The Morgan fingerprint density at radius 1 is 0.806 bits per heavy atom. The minimum absolute atomic E-state index is 0.262. The fourth-order valence-corrected chi connectivity index (χ4v) is 5.14. The fourth-order valence-electron chi connectivity index (χ4n) is 5.14. The molecule has 4 atom stereocenters. The van der Waals surface area contributed by atoms with Gasteiger partial charge in [-0.2, -0.15) is 0 Å². The van der Waals surface area contributed by atoms with Gasteiger partial charge in [0, 0.05) is 25.7 Å². The largest absolute Gasteiger partial charge is 0.456 e. The predicted octanol–water partition coefficient (Wildman–Crippen LogP) is 3.79. The van der Waals surface area contributed by atoms with E-state index in [1.807, 2.05) is 43.3 Å². The van der Waals surface area contributed by atoms with Gasteiger partial charge in [-0.25, -0.2) is 4.79 Å². The number of allylic oxidation sites excluding steroid dienone is 1. The molecule has 158 valence electrons. The molecule has 2 amide bonds. The standard InChI is InChI=1S/C25H23NO5/c1-14-17-19(23(28)26(22(17)27)16-12-8-5-9-13-16)18(15-10-6-4-7-11-15)20-21(14)30-25(2,3)31-24(20)29/h4-14,17-19H,1-3H3/t14-,17+,18+,19+/m1/s1. The number of hydrogen-bond acceptors (Lipinski definition) is 5. The molecule has 2 aliphatic heterocycles. The van der Waals surface area contributed by atoms with Gasteiger partial charge >= 0.3 is 5.97 Å². The van der Waals surface area contributed by atoms with Crippen molar-refractivity contribution in [2.45, 2.75) is 32.5 Å². The summed E-state index contributed by atoms with van der Waals surface area (Å²) in [6.45, 7) is 5.19. The molecule has 5 rings (SSSR count). The summed E-state index contributed by atoms with van der Waals surface area (Å²) in [4.78, 5) is 41.6. The molecular formula is C25H23NO5. The summed E-state index contributed by atoms with van der Waals surface area (Å²) in [5, 5.41) is 0. The van der Waals surface area contributed by atoms with Gasteiger partial charge in [-0.05, 0) is 17.7 Å². The summed E-state index contributed by atoms with van der Waals surface area (Å²) in [6, 6.07) is 18.3. The maximum Gasteiger partial charge on any atom is 0.341 e. The second-order valence-corrected chi connectivity index (χ2v) is 8.75. The molecule has 3 aliphatic rings. The predicted molar refractivity (Wildman–Crippen MR) is 113 cm³/mol. The van der Waals surface area contributed by atoms with Crippen molar-refractivity contribution < 1.29 is 23.9 Å². The van der Waals surface area contributed by atoms with Crippen molar-refractivity contribution in [3.63, 3.8) is 0 Å². The third-order valence-electron chi connectivity index (χ3n) is 6.37. The summed E-state index contributed by atoms with van der Waals surface area (Å²) in [5.41, 5.74) is 1.66. The first-order valence-electron chi connectivity index (χ1n) is 10.4. The van der Waals surface area contributed by atoms with Crippen LogP contribution in [0.15, 0.2) is 72.0 Å². The van der Waals surface area contributed by atoms with Crippen molar-refractivity contribution in [1.82, 2.24) is 0 Å². The Bertz CT molecular complexity index is 1110. The Hall–Kier alpha value is -3.41. The number of imide groups is 1. The molecule has 0 saturated carbocycles. The Kier molecular flexibility index (Phi) is 4.29. The van der Waals surface area contributed by atoms with E-state index in [0.29, 0.717) is 17.0 Å². The maximum absolute atomic E-state index is 13.7. The highest BCUT2D eigenvalue weighted by Crippen LogP contribution is 2.54. The number of carbonyl (C=O) groups excluding carboxylic acids is 3. The number of para-hydroxylation sites is 1. The second-order valence-electron chi connectivity index (χ2n) is 8.75. The van der Waals surface area contributed by atoms with Crippen LogP contribution in [0, 0.1) is 17.8 Å². The van der Waals surface area contributed by atoms with Crippen LogP contribution in [0.3, 0.4) is 0 Å². The van der Waals surface area contributed by atoms with E-state index in [0.717, 1.165) is 5.56 Å². The third kappa shape index (κ3) is 2.89. The molecule has 2 aromatic rings. The average Bonchev–Trinajstić information content (AvgIpc) is 3.00. The monoisotopic (exact) mass is 417 g/mol. The van der Waals surface area contributed by atoms with Crippen LogP contribution in [0.4, 0.5) is 5.69 Å². The number of amides is 2. The molecule has 0 aromatic heterocycles. The quantitative estimate of drug-likeness (QED) is 0.549. The summed E-state index contributed by atoms with van der Waals surface area (Å²) in [7, 11) is 0. The lowest BCUT2D eigenvalue weighted by molar-refractivity contribution is -0.214. The Balaban J connectivity index is 1.71. The molecule has 0 N–H and O–H groups in total. The van der Waals surface area contributed by atoms with Crippen LogP contribution in [0.1, 0.15) is 32.3 Å². The van der Waals surface area contributed by atoms with Gasteiger partial charge in [0.05, 0.1) is 23.1 Å². The summed E-state index contributed by atoms with van der Waals surface area (Å²) < 4.78 is 11.6. The highest BCUT2D eigenvalue weighted by Gasteiger charge is 2.61. The smallest absolute Gasteiger partial charge is 0.341 e. The number of nitrogens with zero attached hydrogens (tertiary/aromatic N) is 1. The number of benzene rings is 2. The molecule has 6 nitrogen and oxygen atoms in total. The Morgan fingerprint density at radius 2 is 1.39 bits per heavy atom. The second kappa shape index (κ2) is 6.80. The van der Waals surface area contributed by atoms with E-state index in [2.05, 4.69) is 0 Å². The van der Waals surface area contributed by atoms with Crippen LogP contribution in [0.25, 0.3) is 0 Å². The number of ether oxygens (including phenoxy) is 2. The van der Waals surface area contributed by atoms with E-state index in [1.165, 1.54) is 4.90 Å². The van der Waals surface area contributed by atoms with Crippen molar-refractivity contribution in [3.05, 3.63) is 77.6 Å². The number of carbonyl (C=O) groups is 3. The van der Waals surface area contributed by atoms with Crippen LogP contribution in [0.5, 0.6) is 0 Å². The normalized spacial score (nSPS) is 29.3. The molecule has 2 aromatic carbocycles. The first kappa shape index (κ1) is 19.5. The fraction of sp³-hybridized carbons (Fsp3) is 0.320. The van der Waals surface area contributed by atoms with Gasteiger partial charge in [0.15, 0.2) is 0 Å². The molecule has 31 heavy (non-hydrogen) atoms. The van der Waals surface area contributed by atoms with Gasteiger partial charge in [0.1, 0.15) is 5.76 Å². The molecule has 0 unspecified atom stereocenters. The highest BCUT2D eigenvalue weighted by molar-refractivity contribution is 6.23. The van der Waals surface area contributed by atoms with Gasteiger partial charge < -0.3 is 9.47 Å². The summed E-state index contributed by atoms with van der Waals surface area (Å²) >= 11 is 0. The lowest BCUT2D eigenvalue weighted by atomic mass is 9.65. The Morgan fingerprint density at radius 3 is 2.03 bits per heavy atom. The molecule has 1 aliphatic carbocycles. The number of esters is 1. The maximum atomic E-state index is 13.7. The van der Waals surface area contributed by atoms with Crippen molar-refractivity contribution >= 4 is 23.5 Å². The molecule has 0 bridgehead atoms. The van der Waals surface area contributed by atoms with Gasteiger partial charge in [0.2, 0.25) is 17.6 Å². The van der Waals surface area contributed by atoms with Crippen molar-refractivity contribution in [1.29, 1.82) is 0 Å². The van der Waals surface area contributed by atoms with Crippen LogP contribution < -0.4 is 4.90 Å². The van der Waals surface area contributed by atoms with E-state index in [9.17, 15) is 14.4 Å². The van der Waals surface area contributed by atoms with Gasteiger partial charge in [-0.1, -0.05) is 55.5 Å². The topological polar surface area (TPSA) is 72.9 Å². The van der Waals surface area contributed by atoms with Gasteiger partial charge in [0.25, 0.3) is 0 Å². The number of hydrogen-bond donors (Lipinski definition) is 0. The van der Waals surface area contributed by atoms with E-state index in [4.69, 9.17) is 9.47 Å². The van der Waals surface area contributed by atoms with Crippen LogP contribution in [-0.4, -0.2) is 23.6 Å². The molecule has 2 heterocycles. The minimum atomic E-state index is -1.14. The number of rotatable bonds is 2. The third-order valence-corrected chi connectivity index (χ3v) is 6.37. The average molecular weight is 417 g/mol. The lowest BCUT2D eigenvalue weighted by Gasteiger charge is -2.43. The van der Waals surface area contributed by atoms with Crippen LogP contribution in [-0.2, 0) is 23.9 Å². The zero-order valence-corrected chi connectivity index (χ0v) is 17.6. The molecule has 1 fully saturated rings. The van der Waals surface area contributed by atoms with Crippen molar-refractivity contribution in [2.75, 3.05) is 4.90 Å². The first-order valence-corrected chi connectivity index (χ1v) is 10.4. The molecule has 0 spiro atoms. The van der Waals surface area contributed by atoms with E-state index >= 15 is 0 Å². The van der Waals surface area contributed by atoms with E-state index in [-0.39, 0.29) is 11.8 Å². The summed E-state index contributed by atoms with van der Waals surface area (Å²) in [6.07, 6.45) is 0. The number of fused-ring (bicyclic) bond motifs is 1. The van der Waals surface area contributed by atoms with Crippen LogP contribution >= 0.6 is 0 Å². The highest BCUT2D eigenvalue weighted by atomic mass is 16.7. The van der Waals surface area contributed by atoms with E-state index < -0.39 is 35.4 Å². The zero-order valence-electron chi connectivity index (χ0n) is 17.6. The SMILES string of the molecule is C[C@H]1C2=C(C(=O)OC(C)(C)O2)[C@@H](c2ccccc2)[C@H]2C(=O)N(c3ccccc3)C(=O)[C@H]21. The lowest BCUT2D eigenvalue weighted by Crippen LogP contribution is -2.46. The Labute approximate surface area is 180 Å². The van der Waals surface area contributed by atoms with Gasteiger partial charge in [-0.3, -0.25) is 14.5 Å². The molecule has 6 heteroatoms. The molecule has 0 radical (unpaired) electrons. The first-order chi connectivity index (χ1) is 14.8.